The number of rotatable bonds is 3. The largest absolute Gasteiger partial charge is 0.420 e. The first-order chi connectivity index (χ1) is 6.06. The smallest absolute Gasteiger partial charge is 0.317 e. The summed E-state index contributed by atoms with van der Waals surface area (Å²) in [5, 5.41) is 0. The van der Waals surface area contributed by atoms with E-state index in [9.17, 15) is 0 Å². The predicted octanol–water partition coefficient (Wildman–Crippen LogP) is 1.45. The molecule has 0 spiro atoms. The Morgan fingerprint density at radius 1 is 1.23 bits per heavy atom. The maximum atomic E-state index is 5.86. The molecule has 2 unspecified atom stereocenters. The van der Waals surface area contributed by atoms with Crippen LogP contribution in [0.5, 0.6) is 0 Å². The highest BCUT2D eigenvalue weighted by Crippen LogP contribution is 2.23. The molecule has 0 bridgehead atoms. The summed E-state index contributed by atoms with van der Waals surface area (Å²) in [6, 6.07) is 1.01. The SMILES string of the molecule is C[SiH]1O[SiH](C)O[Si](C)(CCCCl)O1. The average Bonchev–Trinajstić information content (AvgIpc) is 1.98. The Balaban J connectivity index is 2.45. The van der Waals surface area contributed by atoms with Gasteiger partial charge in [0.1, 0.15) is 0 Å². The predicted molar refractivity (Wildman–Crippen MR) is 61.0 cm³/mol. The monoisotopic (exact) mass is 256 g/mol. The summed E-state index contributed by atoms with van der Waals surface area (Å²) in [6.07, 6.45) is 0.993. The van der Waals surface area contributed by atoms with Crippen LogP contribution in [-0.4, -0.2) is 33.0 Å². The third-order valence-corrected chi connectivity index (χ3v) is 13.2. The molecule has 1 saturated heterocycles. The van der Waals surface area contributed by atoms with Crippen LogP contribution in [0.25, 0.3) is 0 Å². The Morgan fingerprint density at radius 2 is 1.77 bits per heavy atom. The summed E-state index contributed by atoms with van der Waals surface area (Å²) in [4.78, 5) is 0. The molecule has 0 aromatic heterocycles. The fourth-order valence-corrected chi connectivity index (χ4v) is 13.6. The molecule has 13 heavy (non-hydrogen) atoms. The van der Waals surface area contributed by atoms with E-state index in [0.29, 0.717) is 5.88 Å². The van der Waals surface area contributed by atoms with Crippen LogP contribution in [-0.2, 0) is 12.3 Å². The van der Waals surface area contributed by atoms with Crippen LogP contribution in [0.4, 0.5) is 0 Å². The molecule has 1 heterocycles. The van der Waals surface area contributed by atoms with Crippen LogP contribution in [0, 0.1) is 0 Å². The van der Waals surface area contributed by atoms with E-state index in [1.807, 2.05) is 0 Å². The van der Waals surface area contributed by atoms with Crippen LogP contribution in [0.1, 0.15) is 6.42 Å². The number of alkyl halides is 1. The lowest BCUT2D eigenvalue weighted by Gasteiger charge is -2.38. The summed E-state index contributed by atoms with van der Waals surface area (Å²) >= 11 is 5.66. The van der Waals surface area contributed by atoms with Crippen molar-refractivity contribution in [3.63, 3.8) is 0 Å². The van der Waals surface area contributed by atoms with E-state index in [-0.39, 0.29) is 0 Å². The highest BCUT2D eigenvalue weighted by molar-refractivity contribution is 6.82. The van der Waals surface area contributed by atoms with Gasteiger partial charge >= 0.3 is 8.56 Å². The van der Waals surface area contributed by atoms with Crippen LogP contribution in [0.2, 0.25) is 25.7 Å². The number of hydrogen-bond donors (Lipinski definition) is 0. The van der Waals surface area contributed by atoms with Gasteiger partial charge in [-0.3, -0.25) is 0 Å². The minimum Gasteiger partial charge on any atom is -0.420 e. The van der Waals surface area contributed by atoms with Gasteiger partial charge in [-0.25, -0.2) is 0 Å². The Bertz CT molecular complexity index is 161. The van der Waals surface area contributed by atoms with E-state index in [1.165, 1.54) is 0 Å². The molecular formula is C6H17ClO3Si3. The Hall–Kier alpha value is 0.821. The molecule has 1 aliphatic rings. The first-order valence-corrected chi connectivity index (χ1v) is 11.9. The van der Waals surface area contributed by atoms with Gasteiger partial charge in [0.05, 0.1) is 0 Å². The van der Waals surface area contributed by atoms with Crippen molar-refractivity contribution in [2.75, 3.05) is 5.88 Å². The zero-order valence-electron chi connectivity index (χ0n) is 8.38. The maximum Gasteiger partial charge on any atom is 0.317 e. The van der Waals surface area contributed by atoms with Gasteiger partial charge in [-0.05, 0) is 32.1 Å². The van der Waals surface area contributed by atoms with E-state index < -0.39 is 27.1 Å². The first-order valence-electron chi connectivity index (χ1n) is 4.63. The second-order valence-electron chi connectivity index (χ2n) is 3.43. The maximum absolute atomic E-state index is 5.86. The normalized spacial score (nSPS) is 40.6. The molecule has 0 aliphatic carbocycles. The quantitative estimate of drug-likeness (QED) is 0.565. The summed E-state index contributed by atoms with van der Waals surface area (Å²) in [5.74, 6) is 0.696. The highest BCUT2D eigenvalue weighted by atomic mass is 35.5. The van der Waals surface area contributed by atoms with E-state index >= 15 is 0 Å². The van der Waals surface area contributed by atoms with E-state index in [0.717, 1.165) is 12.5 Å². The van der Waals surface area contributed by atoms with Crippen LogP contribution in [0.15, 0.2) is 0 Å². The van der Waals surface area contributed by atoms with Gasteiger partial charge in [0.25, 0.3) is 18.6 Å². The van der Waals surface area contributed by atoms with Gasteiger partial charge in [0.15, 0.2) is 0 Å². The molecular weight excluding hydrogens is 240 g/mol. The molecule has 0 aromatic rings. The zero-order chi connectivity index (χ0) is 9.90. The standard InChI is InChI=1S/C6H17ClO3Si3/c1-11-8-12(2)10-13(3,9-11)6-4-5-7/h11-12H,4-6H2,1-3H3. The van der Waals surface area contributed by atoms with Crippen molar-refractivity contribution < 1.29 is 12.3 Å². The molecule has 1 aliphatic heterocycles. The average molecular weight is 257 g/mol. The molecule has 2 atom stereocenters. The van der Waals surface area contributed by atoms with Crippen molar-refractivity contribution >= 4 is 38.7 Å². The van der Waals surface area contributed by atoms with Crippen molar-refractivity contribution in [2.45, 2.75) is 32.1 Å². The second kappa shape index (κ2) is 5.06. The van der Waals surface area contributed by atoms with Gasteiger partial charge in [0, 0.05) is 5.88 Å². The summed E-state index contributed by atoms with van der Waals surface area (Å²) in [5.41, 5.74) is 0. The molecule has 0 amide bonds. The number of halogens is 1. The van der Waals surface area contributed by atoms with E-state index in [1.54, 1.807) is 0 Å². The second-order valence-corrected chi connectivity index (χ2v) is 11.8. The van der Waals surface area contributed by atoms with Gasteiger partial charge in [-0.1, -0.05) is 0 Å². The van der Waals surface area contributed by atoms with Crippen molar-refractivity contribution in [3.05, 3.63) is 0 Å². The van der Waals surface area contributed by atoms with E-state index in [2.05, 4.69) is 19.6 Å². The van der Waals surface area contributed by atoms with Gasteiger partial charge < -0.3 is 12.3 Å². The molecule has 1 fully saturated rings. The summed E-state index contributed by atoms with van der Waals surface area (Å²) in [6.45, 7) is 6.30. The minimum absolute atomic E-state index is 0.696. The molecule has 78 valence electrons. The molecule has 0 aromatic carbocycles. The van der Waals surface area contributed by atoms with Crippen molar-refractivity contribution in [1.82, 2.24) is 0 Å². The molecule has 0 saturated carbocycles. The highest BCUT2D eigenvalue weighted by Gasteiger charge is 2.40. The Morgan fingerprint density at radius 3 is 2.23 bits per heavy atom. The molecule has 0 radical (unpaired) electrons. The van der Waals surface area contributed by atoms with Gasteiger partial charge in [-0.15, -0.1) is 11.6 Å². The van der Waals surface area contributed by atoms with Gasteiger partial charge in [0.2, 0.25) is 0 Å². The lowest BCUT2D eigenvalue weighted by molar-refractivity contribution is 0.268. The first kappa shape index (κ1) is 11.9. The fourth-order valence-electron chi connectivity index (χ4n) is 1.56. The molecule has 7 heteroatoms. The fraction of sp³-hybridized carbons (Fsp3) is 1.00. The summed E-state index contributed by atoms with van der Waals surface area (Å²) in [7, 11) is -4.60. The molecule has 1 rings (SSSR count). The van der Waals surface area contributed by atoms with Crippen molar-refractivity contribution in [2.24, 2.45) is 0 Å². The Labute approximate surface area is 89.3 Å². The van der Waals surface area contributed by atoms with Crippen LogP contribution in [0.3, 0.4) is 0 Å². The zero-order valence-corrected chi connectivity index (χ0v) is 12.4. The third kappa shape index (κ3) is 3.82. The number of hydrogen-bond acceptors (Lipinski definition) is 3. The Kier molecular flexibility index (Phi) is 4.63. The lowest BCUT2D eigenvalue weighted by Crippen LogP contribution is -2.54. The van der Waals surface area contributed by atoms with Crippen molar-refractivity contribution in [1.29, 1.82) is 0 Å². The lowest BCUT2D eigenvalue weighted by atomic mass is 10.6. The van der Waals surface area contributed by atoms with E-state index in [4.69, 9.17) is 23.9 Å². The summed E-state index contributed by atoms with van der Waals surface area (Å²) < 4.78 is 17.3. The topological polar surface area (TPSA) is 27.7 Å². The van der Waals surface area contributed by atoms with Gasteiger partial charge in [-0.2, -0.15) is 0 Å². The molecule has 0 N–H and O–H groups in total. The van der Waals surface area contributed by atoms with Crippen LogP contribution < -0.4 is 0 Å². The minimum atomic E-state index is -1.87. The van der Waals surface area contributed by atoms with Crippen LogP contribution >= 0.6 is 11.6 Å². The molecule has 3 nitrogen and oxygen atoms in total. The third-order valence-electron chi connectivity index (χ3n) is 1.98. The van der Waals surface area contributed by atoms with Crippen molar-refractivity contribution in [3.8, 4) is 0 Å².